The van der Waals surface area contributed by atoms with E-state index in [0.717, 1.165) is 23.2 Å². The van der Waals surface area contributed by atoms with Crippen molar-refractivity contribution >= 4 is 11.2 Å². The third kappa shape index (κ3) is 3.54. The maximum absolute atomic E-state index is 12.5. The van der Waals surface area contributed by atoms with Gasteiger partial charge in [-0.25, -0.2) is 9.20 Å². The number of anilines is 1. The smallest absolute Gasteiger partial charge is 0.290 e. The van der Waals surface area contributed by atoms with Crippen LogP contribution >= 0.6 is 0 Å². The van der Waals surface area contributed by atoms with Gasteiger partial charge in [-0.15, -0.1) is 5.10 Å². The van der Waals surface area contributed by atoms with Crippen LogP contribution in [-0.4, -0.2) is 35.8 Å². The summed E-state index contributed by atoms with van der Waals surface area (Å²) in [6, 6.07) is 9.62. The maximum atomic E-state index is 12.5. The fraction of sp³-hybridized carbons (Fsp3) is 0.333. The molecular formula is C21H23N7O2. The summed E-state index contributed by atoms with van der Waals surface area (Å²) in [4.78, 5) is 12.5. The van der Waals surface area contributed by atoms with Crippen molar-refractivity contribution in [2.75, 3.05) is 11.9 Å². The van der Waals surface area contributed by atoms with Gasteiger partial charge in [0.2, 0.25) is 5.88 Å². The van der Waals surface area contributed by atoms with E-state index in [-0.39, 0.29) is 5.56 Å². The molecule has 0 aliphatic heterocycles. The minimum absolute atomic E-state index is 0.198. The molecule has 9 nitrogen and oxygen atoms in total. The van der Waals surface area contributed by atoms with E-state index in [1.807, 2.05) is 46.8 Å². The fourth-order valence-corrected chi connectivity index (χ4v) is 3.71. The van der Waals surface area contributed by atoms with Crippen LogP contribution in [0.15, 0.2) is 53.7 Å². The van der Waals surface area contributed by atoms with Crippen molar-refractivity contribution in [3.05, 3.63) is 70.5 Å². The summed E-state index contributed by atoms with van der Waals surface area (Å²) in [5.41, 5.74) is 3.37. The molecule has 5 rings (SSSR count). The van der Waals surface area contributed by atoms with Gasteiger partial charge in [0, 0.05) is 56.5 Å². The Balaban J connectivity index is 1.25. The molecular weight excluding hydrogens is 382 g/mol. The van der Waals surface area contributed by atoms with Gasteiger partial charge in [0.05, 0.1) is 24.0 Å². The summed E-state index contributed by atoms with van der Waals surface area (Å²) in [5, 5.41) is 16.2. The zero-order valence-corrected chi connectivity index (χ0v) is 16.9. The van der Waals surface area contributed by atoms with Gasteiger partial charge in [0.25, 0.3) is 5.56 Å². The molecule has 1 aliphatic carbocycles. The third-order valence-electron chi connectivity index (χ3n) is 5.50. The fourth-order valence-electron chi connectivity index (χ4n) is 3.71. The van der Waals surface area contributed by atoms with Crippen molar-refractivity contribution in [1.82, 2.24) is 29.2 Å². The van der Waals surface area contributed by atoms with Crippen molar-refractivity contribution in [2.24, 2.45) is 20.0 Å². The summed E-state index contributed by atoms with van der Waals surface area (Å²) in [6.07, 6.45) is 6.72. The van der Waals surface area contributed by atoms with Gasteiger partial charge < -0.3 is 10.1 Å². The van der Waals surface area contributed by atoms with Crippen LogP contribution in [0, 0.1) is 5.92 Å². The first-order valence-corrected chi connectivity index (χ1v) is 9.94. The van der Waals surface area contributed by atoms with Crippen molar-refractivity contribution in [1.29, 1.82) is 0 Å². The molecule has 0 unspecified atom stereocenters. The number of hydrogen-bond donors (Lipinski definition) is 1. The molecule has 0 aromatic carbocycles. The first-order chi connectivity index (χ1) is 14.6. The van der Waals surface area contributed by atoms with Crippen LogP contribution in [0.1, 0.15) is 23.6 Å². The van der Waals surface area contributed by atoms with Crippen LogP contribution in [0.3, 0.4) is 0 Å². The van der Waals surface area contributed by atoms with Gasteiger partial charge in [-0.3, -0.25) is 9.48 Å². The van der Waals surface area contributed by atoms with Crippen LogP contribution in [0.5, 0.6) is 5.88 Å². The van der Waals surface area contributed by atoms with E-state index < -0.39 is 0 Å². The summed E-state index contributed by atoms with van der Waals surface area (Å²) >= 11 is 0. The maximum Gasteiger partial charge on any atom is 0.290 e. The zero-order valence-electron chi connectivity index (χ0n) is 16.9. The highest BCUT2D eigenvalue weighted by atomic mass is 16.5. The van der Waals surface area contributed by atoms with Crippen LogP contribution in [0.2, 0.25) is 0 Å². The second-order valence-electron chi connectivity index (χ2n) is 7.71. The van der Waals surface area contributed by atoms with E-state index in [1.54, 1.807) is 19.3 Å². The van der Waals surface area contributed by atoms with E-state index >= 15 is 0 Å². The van der Waals surface area contributed by atoms with E-state index in [9.17, 15) is 4.79 Å². The number of fused-ring (bicyclic) bond motifs is 1. The molecule has 4 aromatic rings. The van der Waals surface area contributed by atoms with Crippen molar-refractivity contribution in [3.8, 4) is 5.88 Å². The Bertz CT molecular complexity index is 1260. The van der Waals surface area contributed by atoms with Gasteiger partial charge in [-0.05, 0) is 24.6 Å². The van der Waals surface area contributed by atoms with Crippen LogP contribution < -0.4 is 15.6 Å². The Labute approximate surface area is 172 Å². The summed E-state index contributed by atoms with van der Waals surface area (Å²) in [5.74, 6) is 1.30. The SMILES string of the molecule is Cn1ccc([C@H]2C[C@@H]2COc2cc(NCc3cnn4ccccc34)c(=O)n(C)n2)n1. The minimum Gasteiger partial charge on any atom is -0.476 e. The second-order valence-corrected chi connectivity index (χ2v) is 7.71. The monoisotopic (exact) mass is 405 g/mol. The lowest BCUT2D eigenvalue weighted by Gasteiger charge is -2.10. The van der Waals surface area contributed by atoms with Gasteiger partial charge >= 0.3 is 0 Å². The van der Waals surface area contributed by atoms with Crippen molar-refractivity contribution < 1.29 is 4.74 Å². The van der Waals surface area contributed by atoms with E-state index in [0.29, 0.717) is 36.6 Å². The average Bonchev–Trinajstić information content (AvgIpc) is 3.20. The van der Waals surface area contributed by atoms with Gasteiger partial charge in [-0.1, -0.05) is 6.07 Å². The number of rotatable bonds is 7. The number of aromatic nitrogens is 6. The molecule has 0 bridgehead atoms. The molecule has 2 atom stereocenters. The molecule has 0 amide bonds. The molecule has 1 saturated carbocycles. The molecule has 1 fully saturated rings. The Morgan fingerprint density at radius 1 is 1.20 bits per heavy atom. The lowest BCUT2D eigenvalue weighted by Crippen LogP contribution is -2.24. The highest BCUT2D eigenvalue weighted by Gasteiger charge is 2.40. The molecule has 4 heterocycles. The van der Waals surface area contributed by atoms with Gasteiger partial charge in [-0.2, -0.15) is 10.2 Å². The van der Waals surface area contributed by atoms with E-state index in [4.69, 9.17) is 4.74 Å². The molecule has 4 aromatic heterocycles. The quantitative estimate of drug-likeness (QED) is 0.505. The highest BCUT2D eigenvalue weighted by molar-refractivity contribution is 5.55. The number of nitrogens with zero attached hydrogens (tertiary/aromatic N) is 6. The zero-order chi connectivity index (χ0) is 20.7. The Hall–Kier alpha value is -3.62. The summed E-state index contributed by atoms with van der Waals surface area (Å²) in [6.45, 7) is 1.04. The number of nitrogens with one attached hydrogen (secondary N) is 1. The summed E-state index contributed by atoms with van der Waals surface area (Å²) in [7, 11) is 3.55. The average molecular weight is 405 g/mol. The summed E-state index contributed by atoms with van der Waals surface area (Å²) < 4.78 is 10.8. The predicted octanol–water partition coefficient (Wildman–Crippen LogP) is 1.96. The number of hydrogen-bond acceptors (Lipinski definition) is 6. The lowest BCUT2D eigenvalue weighted by molar-refractivity contribution is 0.278. The van der Waals surface area contributed by atoms with Crippen molar-refractivity contribution in [2.45, 2.75) is 18.9 Å². The Kier molecular flexibility index (Phi) is 4.50. The predicted molar refractivity (Wildman–Crippen MR) is 112 cm³/mol. The highest BCUT2D eigenvalue weighted by Crippen LogP contribution is 2.46. The Morgan fingerprint density at radius 3 is 2.93 bits per heavy atom. The minimum atomic E-state index is -0.198. The number of ether oxygens (including phenoxy) is 1. The molecule has 9 heteroatoms. The molecule has 1 aliphatic rings. The first kappa shape index (κ1) is 18.4. The normalized spacial score (nSPS) is 17.9. The second kappa shape index (κ2) is 7.33. The third-order valence-corrected chi connectivity index (χ3v) is 5.50. The number of pyridine rings is 1. The largest absolute Gasteiger partial charge is 0.476 e. The Morgan fingerprint density at radius 2 is 2.10 bits per heavy atom. The topological polar surface area (TPSA) is 91.3 Å². The number of aryl methyl sites for hydroxylation is 2. The van der Waals surface area contributed by atoms with Crippen molar-refractivity contribution in [3.63, 3.8) is 0 Å². The molecule has 1 N–H and O–H groups in total. The first-order valence-electron chi connectivity index (χ1n) is 9.94. The van der Waals surface area contributed by atoms with E-state index in [2.05, 4.69) is 26.7 Å². The lowest BCUT2D eigenvalue weighted by atomic mass is 10.2. The molecule has 30 heavy (non-hydrogen) atoms. The van der Waals surface area contributed by atoms with Gasteiger partial charge in [0.1, 0.15) is 5.69 Å². The standard InChI is InChI=1S/C21H23N7O2/c1-26-8-6-17(24-26)16-9-14(16)13-30-20-10-18(21(29)27(2)25-20)22-11-15-12-23-28-7-4-3-5-19(15)28/h3-8,10,12,14,16,22H,9,11,13H2,1-2H3/t14-,16+/m1/s1. The van der Waals surface area contributed by atoms with Crippen LogP contribution in [0.25, 0.3) is 5.52 Å². The molecule has 0 spiro atoms. The molecule has 0 saturated heterocycles. The van der Waals surface area contributed by atoms with Crippen LogP contribution in [-0.2, 0) is 20.6 Å². The molecule has 0 radical (unpaired) electrons. The van der Waals surface area contributed by atoms with Gasteiger partial charge in [0.15, 0.2) is 0 Å². The van der Waals surface area contributed by atoms with Crippen LogP contribution in [0.4, 0.5) is 5.69 Å². The molecule has 154 valence electrons. The van der Waals surface area contributed by atoms with E-state index in [1.165, 1.54) is 4.68 Å².